The van der Waals surface area contributed by atoms with Crippen molar-refractivity contribution in [2.24, 2.45) is 27.3 Å². The number of nitrogens with zero attached hydrogens (tertiary/aromatic N) is 2. The van der Waals surface area contributed by atoms with Crippen LogP contribution in [0.5, 0.6) is 0 Å². The van der Waals surface area contributed by atoms with E-state index in [1.165, 1.54) is 5.56 Å². The second-order valence-electron chi connectivity index (χ2n) is 3.86. The Kier molecular flexibility index (Phi) is 6.15. The van der Waals surface area contributed by atoms with Gasteiger partial charge in [0.1, 0.15) is 0 Å². The number of halogens is 1. The van der Waals surface area contributed by atoms with E-state index >= 15 is 0 Å². The second-order valence-corrected chi connectivity index (χ2v) is 3.86. The molecule has 1 aromatic carbocycles. The quantitative estimate of drug-likeness (QED) is 0.261. The fourth-order valence-corrected chi connectivity index (χ4v) is 1.64. The standard InChI is InChI=1S/C11H18N6.ClH/c1-6-4-7(2)9(8(3)5-6)15-10(12)16-11(13)17-14;/h4-5H,14H2,1-3H3,(H5,12,13,15,16,17);1H. The first-order valence-corrected chi connectivity index (χ1v) is 5.17. The van der Waals surface area contributed by atoms with Crippen LogP contribution in [-0.2, 0) is 0 Å². The van der Waals surface area contributed by atoms with Crippen LogP contribution in [0.3, 0.4) is 0 Å². The fourth-order valence-electron chi connectivity index (χ4n) is 1.64. The highest BCUT2D eigenvalue weighted by atomic mass is 35.5. The van der Waals surface area contributed by atoms with E-state index in [-0.39, 0.29) is 24.3 Å². The number of rotatable bonds is 1. The van der Waals surface area contributed by atoms with E-state index in [1.807, 2.05) is 32.9 Å². The molecule has 0 saturated heterocycles. The summed E-state index contributed by atoms with van der Waals surface area (Å²) in [5.74, 6) is 5.16. The van der Waals surface area contributed by atoms with Crippen molar-refractivity contribution in [1.82, 2.24) is 5.43 Å². The highest BCUT2D eigenvalue weighted by Crippen LogP contribution is 2.24. The molecule has 100 valence electrons. The van der Waals surface area contributed by atoms with Gasteiger partial charge in [-0.15, -0.1) is 12.4 Å². The number of hydrazine groups is 1. The van der Waals surface area contributed by atoms with Crippen molar-refractivity contribution in [3.8, 4) is 0 Å². The predicted molar refractivity (Wildman–Crippen MR) is 78.1 cm³/mol. The Morgan fingerprint density at radius 1 is 1.11 bits per heavy atom. The lowest BCUT2D eigenvalue weighted by Crippen LogP contribution is -2.38. The molecule has 7 N–H and O–H groups in total. The molecular formula is C11H19ClN6. The Bertz CT molecular complexity index is 457. The Hall–Kier alpha value is -1.79. The molecule has 0 bridgehead atoms. The lowest BCUT2D eigenvalue weighted by Gasteiger charge is -2.07. The number of hydrogen-bond donors (Lipinski definition) is 4. The molecule has 0 spiro atoms. The van der Waals surface area contributed by atoms with Crippen molar-refractivity contribution >= 4 is 30.0 Å². The molecule has 0 fully saturated rings. The molecule has 0 aliphatic carbocycles. The molecule has 6 nitrogen and oxygen atoms in total. The van der Waals surface area contributed by atoms with E-state index in [4.69, 9.17) is 17.3 Å². The molecule has 1 rings (SSSR count). The summed E-state index contributed by atoms with van der Waals surface area (Å²) in [6, 6.07) is 4.07. The lowest BCUT2D eigenvalue weighted by atomic mass is 10.1. The normalized spacial score (nSPS) is 12.0. The number of guanidine groups is 2. The van der Waals surface area contributed by atoms with E-state index in [1.54, 1.807) is 0 Å². The van der Waals surface area contributed by atoms with Crippen LogP contribution in [-0.4, -0.2) is 11.9 Å². The van der Waals surface area contributed by atoms with Gasteiger partial charge in [0.2, 0.25) is 11.9 Å². The first-order valence-electron chi connectivity index (χ1n) is 5.17. The number of hydrogen-bond acceptors (Lipinski definition) is 2. The third-order valence-corrected chi connectivity index (χ3v) is 2.24. The summed E-state index contributed by atoms with van der Waals surface area (Å²) in [4.78, 5) is 8.00. The van der Waals surface area contributed by atoms with Gasteiger partial charge in [-0.1, -0.05) is 17.7 Å². The second kappa shape index (κ2) is 6.83. The van der Waals surface area contributed by atoms with Crippen molar-refractivity contribution in [2.45, 2.75) is 20.8 Å². The average molecular weight is 271 g/mol. The van der Waals surface area contributed by atoms with Gasteiger partial charge < -0.3 is 11.5 Å². The van der Waals surface area contributed by atoms with Crippen LogP contribution in [0.4, 0.5) is 5.69 Å². The third-order valence-electron chi connectivity index (χ3n) is 2.24. The van der Waals surface area contributed by atoms with Crippen LogP contribution in [0.15, 0.2) is 22.1 Å². The minimum absolute atomic E-state index is 0. The maximum absolute atomic E-state index is 5.64. The maximum Gasteiger partial charge on any atom is 0.223 e. The van der Waals surface area contributed by atoms with Crippen LogP contribution in [0.25, 0.3) is 0 Å². The molecule has 0 aliphatic rings. The van der Waals surface area contributed by atoms with E-state index in [0.717, 1.165) is 16.8 Å². The van der Waals surface area contributed by atoms with Gasteiger partial charge in [-0.2, -0.15) is 4.99 Å². The summed E-state index contributed by atoms with van der Waals surface area (Å²) in [6.45, 7) is 5.98. The molecule has 0 saturated carbocycles. The zero-order valence-corrected chi connectivity index (χ0v) is 11.5. The molecule has 0 amide bonds. The van der Waals surface area contributed by atoms with E-state index in [0.29, 0.717) is 0 Å². The van der Waals surface area contributed by atoms with Gasteiger partial charge in [-0.3, -0.25) is 5.43 Å². The molecule has 0 radical (unpaired) electrons. The molecule has 0 unspecified atom stereocenters. The highest BCUT2D eigenvalue weighted by Gasteiger charge is 2.03. The SMILES string of the molecule is Cc1cc(C)c(N=C(N)/N=C(\N)NN)c(C)c1.Cl. The van der Waals surface area contributed by atoms with Gasteiger partial charge in [-0.25, -0.2) is 10.8 Å². The van der Waals surface area contributed by atoms with Crippen molar-refractivity contribution < 1.29 is 0 Å². The molecule has 18 heavy (non-hydrogen) atoms. The summed E-state index contributed by atoms with van der Waals surface area (Å²) < 4.78 is 0. The Balaban J connectivity index is 0.00000289. The predicted octanol–water partition coefficient (Wildman–Crippen LogP) is 0.758. The first kappa shape index (κ1) is 16.2. The van der Waals surface area contributed by atoms with Crippen LogP contribution < -0.4 is 22.7 Å². The smallest absolute Gasteiger partial charge is 0.223 e. The summed E-state index contributed by atoms with van der Waals surface area (Å²) >= 11 is 0. The molecule has 0 atom stereocenters. The van der Waals surface area contributed by atoms with Crippen LogP contribution in [0.2, 0.25) is 0 Å². The van der Waals surface area contributed by atoms with Crippen molar-refractivity contribution in [3.63, 3.8) is 0 Å². The molecule has 0 aliphatic heterocycles. The molecule has 1 aromatic rings. The lowest BCUT2D eigenvalue weighted by molar-refractivity contribution is 1.01. The van der Waals surface area contributed by atoms with Crippen molar-refractivity contribution in [1.29, 1.82) is 0 Å². The van der Waals surface area contributed by atoms with E-state index in [9.17, 15) is 0 Å². The van der Waals surface area contributed by atoms with Gasteiger partial charge in [0.15, 0.2) is 0 Å². The van der Waals surface area contributed by atoms with Crippen LogP contribution in [0, 0.1) is 20.8 Å². The summed E-state index contributed by atoms with van der Waals surface area (Å²) in [6.07, 6.45) is 0. The average Bonchev–Trinajstić information content (AvgIpc) is 2.23. The summed E-state index contributed by atoms with van der Waals surface area (Å²) in [7, 11) is 0. The van der Waals surface area contributed by atoms with Crippen molar-refractivity contribution in [2.75, 3.05) is 0 Å². The number of aryl methyl sites for hydroxylation is 3. The fraction of sp³-hybridized carbons (Fsp3) is 0.273. The third kappa shape index (κ3) is 4.23. The van der Waals surface area contributed by atoms with Gasteiger partial charge in [0.25, 0.3) is 0 Å². The number of aliphatic imine (C=N–C) groups is 2. The Morgan fingerprint density at radius 3 is 2.06 bits per heavy atom. The van der Waals surface area contributed by atoms with Crippen molar-refractivity contribution in [3.05, 3.63) is 28.8 Å². The number of benzene rings is 1. The number of nitrogens with one attached hydrogen (secondary N) is 1. The highest BCUT2D eigenvalue weighted by molar-refractivity contribution is 5.94. The van der Waals surface area contributed by atoms with E-state index < -0.39 is 0 Å². The molecule has 0 aromatic heterocycles. The molecule has 0 heterocycles. The molecular weight excluding hydrogens is 252 g/mol. The molecule has 7 heteroatoms. The monoisotopic (exact) mass is 270 g/mol. The van der Waals surface area contributed by atoms with Gasteiger partial charge in [-0.05, 0) is 31.9 Å². The largest absolute Gasteiger partial charge is 0.368 e. The minimum atomic E-state index is 0. The van der Waals surface area contributed by atoms with Crippen LogP contribution in [0.1, 0.15) is 16.7 Å². The summed E-state index contributed by atoms with van der Waals surface area (Å²) in [5.41, 5.74) is 17.3. The van der Waals surface area contributed by atoms with Crippen LogP contribution >= 0.6 is 12.4 Å². The van der Waals surface area contributed by atoms with Gasteiger partial charge in [0, 0.05) is 0 Å². The maximum atomic E-state index is 5.64. The minimum Gasteiger partial charge on any atom is -0.368 e. The topological polar surface area (TPSA) is 115 Å². The van der Waals surface area contributed by atoms with Gasteiger partial charge in [0.05, 0.1) is 5.69 Å². The van der Waals surface area contributed by atoms with Gasteiger partial charge >= 0.3 is 0 Å². The Morgan fingerprint density at radius 2 is 1.61 bits per heavy atom. The zero-order chi connectivity index (χ0) is 13.0. The Labute approximate surface area is 113 Å². The van der Waals surface area contributed by atoms with E-state index in [2.05, 4.69) is 15.4 Å². The zero-order valence-electron chi connectivity index (χ0n) is 10.7. The summed E-state index contributed by atoms with van der Waals surface area (Å²) in [5, 5.41) is 0. The first-order chi connectivity index (χ1) is 7.93. The number of nitrogens with two attached hydrogens (primary N) is 3.